The van der Waals surface area contributed by atoms with E-state index in [9.17, 15) is 4.79 Å². The Morgan fingerprint density at radius 2 is 2.43 bits per heavy atom. The van der Waals surface area contributed by atoms with Gasteiger partial charge in [0.1, 0.15) is 5.76 Å². The summed E-state index contributed by atoms with van der Waals surface area (Å²) in [6.45, 7) is 0. The topological polar surface area (TPSA) is 65.5 Å². The van der Waals surface area contributed by atoms with E-state index in [0.29, 0.717) is 17.4 Å². The Morgan fingerprint density at radius 3 is 2.93 bits per heavy atom. The number of hydrogen-bond donors (Lipinski definition) is 1. The van der Waals surface area contributed by atoms with Gasteiger partial charge in [-0.3, -0.25) is 4.79 Å². The minimum atomic E-state index is -0.318. The van der Waals surface area contributed by atoms with Gasteiger partial charge in [0.05, 0.1) is 13.2 Å². The number of nitrogens with two attached hydrogens (primary N) is 1. The van der Waals surface area contributed by atoms with E-state index in [-0.39, 0.29) is 18.4 Å². The largest absolute Gasteiger partial charge is 0.469 e. The van der Waals surface area contributed by atoms with Crippen molar-refractivity contribution in [3.8, 4) is 0 Å². The van der Waals surface area contributed by atoms with Crippen LogP contribution in [0.15, 0.2) is 16.5 Å². The molecule has 0 aromatic carbocycles. The van der Waals surface area contributed by atoms with Crippen LogP contribution in [0.5, 0.6) is 0 Å². The van der Waals surface area contributed by atoms with Crippen molar-refractivity contribution in [1.82, 2.24) is 0 Å². The highest BCUT2D eigenvalue weighted by Crippen LogP contribution is 2.21. The van der Waals surface area contributed by atoms with Crippen molar-refractivity contribution in [3.05, 3.63) is 23.1 Å². The zero-order valence-corrected chi connectivity index (χ0v) is 8.58. The summed E-state index contributed by atoms with van der Waals surface area (Å²) >= 11 is 5.58. The minimum Gasteiger partial charge on any atom is -0.469 e. The monoisotopic (exact) mass is 217 g/mol. The van der Waals surface area contributed by atoms with Crippen molar-refractivity contribution in [2.45, 2.75) is 18.9 Å². The molecule has 0 aliphatic rings. The first kappa shape index (κ1) is 11.1. The molecule has 0 bridgehead atoms. The Labute approximate surface area is 87.0 Å². The van der Waals surface area contributed by atoms with Crippen LogP contribution in [0.3, 0.4) is 0 Å². The average molecular weight is 218 g/mol. The number of methoxy groups -OCH3 is 1. The number of esters is 1. The molecule has 5 heteroatoms. The van der Waals surface area contributed by atoms with Gasteiger partial charge >= 0.3 is 5.97 Å². The van der Waals surface area contributed by atoms with E-state index < -0.39 is 0 Å². The van der Waals surface area contributed by atoms with E-state index in [2.05, 4.69) is 4.74 Å². The molecule has 0 radical (unpaired) electrons. The molecule has 78 valence electrons. The molecule has 1 atom stereocenters. The smallest absolute Gasteiger partial charge is 0.305 e. The third-order valence-electron chi connectivity index (χ3n) is 1.85. The molecule has 0 saturated carbocycles. The van der Waals surface area contributed by atoms with Crippen LogP contribution in [0.25, 0.3) is 0 Å². The van der Waals surface area contributed by atoms with Gasteiger partial charge in [0, 0.05) is 6.42 Å². The lowest BCUT2D eigenvalue weighted by atomic mass is 10.1. The molecule has 0 aliphatic carbocycles. The van der Waals surface area contributed by atoms with E-state index in [4.69, 9.17) is 21.8 Å². The number of hydrogen-bond acceptors (Lipinski definition) is 4. The van der Waals surface area contributed by atoms with Gasteiger partial charge in [-0.15, -0.1) is 0 Å². The second kappa shape index (κ2) is 5.02. The molecular weight excluding hydrogens is 206 g/mol. The van der Waals surface area contributed by atoms with Gasteiger partial charge in [-0.2, -0.15) is 0 Å². The summed E-state index contributed by atoms with van der Waals surface area (Å²) < 4.78 is 9.59. The summed E-state index contributed by atoms with van der Waals surface area (Å²) in [5, 5.41) is 0.300. The van der Waals surface area contributed by atoms with Crippen LogP contribution in [0.2, 0.25) is 5.22 Å². The third kappa shape index (κ3) is 3.05. The molecular formula is C9H12ClNO3. The fourth-order valence-electron chi connectivity index (χ4n) is 1.05. The van der Waals surface area contributed by atoms with E-state index in [1.807, 2.05) is 0 Å². The maximum Gasteiger partial charge on any atom is 0.305 e. The summed E-state index contributed by atoms with van der Waals surface area (Å²) in [6.07, 6.45) is 0.756. The lowest BCUT2D eigenvalue weighted by Crippen LogP contribution is -2.12. The number of carbonyl (C=O) groups excluding carboxylic acids is 1. The van der Waals surface area contributed by atoms with Crippen molar-refractivity contribution in [3.63, 3.8) is 0 Å². The molecule has 4 nitrogen and oxygen atoms in total. The Balaban J connectivity index is 2.42. The zero-order chi connectivity index (χ0) is 10.6. The normalized spacial score (nSPS) is 12.5. The molecule has 0 amide bonds. The molecule has 0 aliphatic heterocycles. The highest BCUT2D eigenvalue weighted by molar-refractivity contribution is 6.28. The Hall–Kier alpha value is -1.00. The average Bonchev–Trinajstić information content (AvgIpc) is 2.60. The van der Waals surface area contributed by atoms with E-state index in [1.165, 1.54) is 7.11 Å². The first-order valence-corrected chi connectivity index (χ1v) is 4.59. The highest BCUT2D eigenvalue weighted by Gasteiger charge is 2.12. The van der Waals surface area contributed by atoms with Crippen LogP contribution < -0.4 is 5.73 Å². The van der Waals surface area contributed by atoms with Crippen LogP contribution in [0.1, 0.15) is 24.6 Å². The quantitative estimate of drug-likeness (QED) is 0.783. The maximum absolute atomic E-state index is 10.8. The van der Waals surface area contributed by atoms with Crippen LogP contribution >= 0.6 is 11.6 Å². The van der Waals surface area contributed by atoms with Gasteiger partial charge in [-0.25, -0.2) is 0 Å². The van der Waals surface area contributed by atoms with Crippen molar-refractivity contribution in [1.29, 1.82) is 0 Å². The van der Waals surface area contributed by atoms with Gasteiger partial charge in [0.25, 0.3) is 0 Å². The molecule has 1 unspecified atom stereocenters. The number of halogens is 1. The minimum absolute atomic E-state index is 0.274. The standard InChI is InChI=1S/C9H12ClNO3/c1-13-9(12)5-2-6(11)7-3-4-8(10)14-7/h3-4,6H,2,5,11H2,1H3. The summed E-state index contributed by atoms with van der Waals surface area (Å²) in [7, 11) is 1.34. The SMILES string of the molecule is COC(=O)CCC(N)c1ccc(Cl)o1. The molecule has 1 aromatic rings. The third-order valence-corrected chi connectivity index (χ3v) is 2.05. The van der Waals surface area contributed by atoms with Gasteiger partial charge in [-0.05, 0) is 30.2 Å². The molecule has 1 rings (SSSR count). The summed E-state index contributed by atoms with van der Waals surface area (Å²) in [5.74, 6) is 0.303. The van der Waals surface area contributed by atoms with Crippen molar-refractivity contribution in [2.24, 2.45) is 5.73 Å². The molecule has 1 aromatic heterocycles. The van der Waals surface area contributed by atoms with Gasteiger partial charge in [-0.1, -0.05) is 0 Å². The predicted octanol–water partition coefficient (Wildman–Crippen LogP) is 1.89. The lowest BCUT2D eigenvalue weighted by Gasteiger charge is -2.06. The number of rotatable bonds is 4. The molecule has 0 spiro atoms. The summed E-state index contributed by atoms with van der Waals surface area (Å²) in [5.41, 5.74) is 5.75. The number of carbonyl (C=O) groups is 1. The molecule has 1 heterocycles. The van der Waals surface area contributed by atoms with Crippen LogP contribution in [0, 0.1) is 0 Å². The summed E-state index contributed by atoms with van der Waals surface area (Å²) in [4.78, 5) is 10.8. The van der Waals surface area contributed by atoms with Gasteiger partial charge in [0.15, 0.2) is 5.22 Å². The molecule has 0 saturated heterocycles. The van der Waals surface area contributed by atoms with Crippen molar-refractivity contribution >= 4 is 17.6 Å². The van der Waals surface area contributed by atoms with E-state index >= 15 is 0 Å². The van der Waals surface area contributed by atoms with Crippen LogP contribution in [0.4, 0.5) is 0 Å². The van der Waals surface area contributed by atoms with Crippen LogP contribution in [-0.2, 0) is 9.53 Å². The Morgan fingerprint density at radius 1 is 1.71 bits per heavy atom. The molecule has 14 heavy (non-hydrogen) atoms. The Bertz CT molecular complexity index is 311. The maximum atomic E-state index is 10.8. The number of ether oxygens (including phenoxy) is 1. The van der Waals surface area contributed by atoms with E-state index in [1.54, 1.807) is 12.1 Å². The van der Waals surface area contributed by atoms with E-state index in [0.717, 1.165) is 0 Å². The fourth-order valence-corrected chi connectivity index (χ4v) is 1.20. The Kier molecular flexibility index (Phi) is 3.98. The number of furan rings is 1. The second-order valence-electron chi connectivity index (χ2n) is 2.86. The van der Waals surface area contributed by atoms with Crippen molar-refractivity contribution in [2.75, 3.05) is 7.11 Å². The summed E-state index contributed by atoms with van der Waals surface area (Å²) in [6, 6.07) is 3.00. The van der Waals surface area contributed by atoms with Crippen LogP contribution in [-0.4, -0.2) is 13.1 Å². The van der Waals surface area contributed by atoms with Crippen molar-refractivity contribution < 1.29 is 13.9 Å². The van der Waals surface area contributed by atoms with Gasteiger partial charge < -0.3 is 14.9 Å². The fraction of sp³-hybridized carbons (Fsp3) is 0.444. The predicted molar refractivity (Wildman–Crippen MR) is 51.9 cm³/mol. The molecule has 2 N–H and O–H groups in total. The first-order chi connectivity index (χ1) is 6.63. The zero-order valence-electron chi connectivity index (χ0n) is 7.83. The second-order valence-corrected chi connectivity index (χ2v) is 3.24. The lowest BCUT2D eigenvalue weighted by molar-refractivity contribution is -0.140. The molecule has 0 fully saturated rings. The highest BCUT2D eigenvalue weighted by atomic mass is 35.5. The first-order valence-electron chi connectivity index (χ1n) is 4.21. The van der Waals surface area contributed by atoms with Gasteiger partial charge in [0.2, 0.25) is 0 Å².